The third kappa shape index (κ3) is 3.26. The molecule has 7 nitrogen and oxygen atoms in total. The first-order valence-electron chi connectivity index (χ1n) is 9.02. The number of benzene rings is 2. The summed E-state index contributed by atoms with van der Waals surface area (Å²) in [5.74, 6) is 1.95. The van der Waals surface area contributed by atoms with E-state index in [9.17, 15) is 4.79 Å². The highest BCUT2D eigenvalue weighted by Gasteiger charge is 2.37. The maximum Gasteiger partial charge on any atom is 0.324 e. The fourth-order valence-corrected chi connectivity index (χ4v) is 3.66. The van der Waals surface area contributed by atoms with Crippen molar-refractivity contribution < 1.29 is 23.9 Å². The number of amides is 2. The molecule has 2 heterocycles. The van der Waals surface area contributed by atoms with Crippen LogP contribution in [0.3, 0.4) is 0 Å². The van der Waals surface area contributed by atoms with E-state index in [0.29, 0.717) is 17.2 Å². The Morgan fingerprint density at radius 1 is 1.26 bits per heavy atom. The van der Waals surface area contributed by atoms with Crippen LogP contribution in [-0.2, 0) is 6.42 Å². The Kier molecular flexibility index (Phi) is 4.53. The molecule has 0 fully saturated rings. The number of hydrogen-bond donors (Lipinski definition) is 3. The minimum absolute atomic E-state index is 0.184. The number of hydrogen-bond acceptors (Lipinski definition) is 4. The average molecular weight is 370 g/mol. The van der Waals surface area contributed by atoms with E-state index in [1.807, 2.05) is 37.3 Å². The third-order valence-electron chi connectivity index (χ3n) is 5.10. The van der Waals surface area contributed by atoms with Crippen LogP contribution in [0.15, 0.2) is 30.3 Å². The van der Waals surface area contributed by atoms with Crippen molar-refractivity contribution in [1.82, 2.24) is 5.32 Å². The van der Waals surface area contributed by atoms with Crippen LogP contribution in [0.5, 0.6) is 17.2 Å². The number of carbonyl (C=O) groups excluding carboxylic acids is 1. The Morgan fingerprint density at radius 3 is 2.78 bits per heavy atom. The summed E-state index contributed by atoms with van der Waals surface area (Å²) in [4.78, 5) is 13.8. The van der Waals surface area contributed by atoms with E-state index in [4.69, 9.17) is 14.2 Å². The Hall–Kier alpha value is -2.93. The van der Waals surface area contributed by atoms with Gasteiger partial charge in [0, 0.05) is 12.1 Å². The fraction of sp³-hybridized carbons (Fsp3) is 0.350. The predicted octanol–water partition coefficient (Wildman–Crippen LogP) is 1.62. The molecule has 2 amide bonds. The molecule has 2 aliphatic heterocycles. The van der Waals surface area contributed by atoms with Crippen LogP contribution in [0.4, 0.5) is 10.5 Å². The molecule has 0 saturated heterocycles. The largest absolute Gasteiger partial charge is 0.492 e. The highest BCUT2D eigenvalue weighted by atomic mass is 16.7. The molecule has 2 aliphatic rings. The van der Waals surface area contributed by atoms with Crippen LogP contribution in [0.2, 0.25) is 0 Å². The van der Waals surface area contributed by atoms with Crippen LogP contribution in [0.1, 0.15) is 22.9 Å². The summed E-state index contributed by atoms with van der Waals surface area (Å²) in [6.07, 6.45) is 0.634. The zero-order valence-electron chi connectivity index (χ0n) is 15.7. The summed E-state index contributed by atoms with van der Waals surface area (Å²) in [5.41, 5.74) is 3.96. The van der Waals surface area contributed by atoms with Gasteiger partial charge in [0.1, 0.15) is 0 Å². The van der Waals surface area contributed by atoms with E-state index in [1.165, 1.54) is 4.90 Å². The van der Waals surface area contributed by atoms with E-state index in [1.54, 1.807) is 7.11 Å². The van der Waals surface area contributed by atoms with Crippen LogP contribution >= 0.6 is 0 Å². The second kappa shape index (κ2) is 7.00. The number of rotatable bonds is 3. The smallest absolute Gasteiger partial charge is 0.324 e. The summed E-state index contributed by atoms with van der Waals surface area (Å²) >= 11 is 0. The van der Waals surface area contributed by atoms with Gasteiger partial charge in [-0.25, -0.2) is 4.79 Å². The highest BCUT2D eigenvalue weighted by Crippen LogP contribution is 2.46. The summed E-state index contributed by atoms with van der Waals surface area (Å²) < 4.78 is 16.8. The van der Waals surface area contributed by atoms with Crippen molar-refractivity contribution in [2.24, 2.45) is 0 Å². The normalized spacial score (nSPS) is 20.0. The Bertz CT molecular complexity index is 867. The zero-order chi connectivity index (χ0) is 19.0. The molecule has 0 bridgehead atoms. The van der Waals surface area contributed by atoms with Gasteiger partial charge in [0.05, 0.1) is 26.3 Å². The van der Waals surface area contributed by atoms with Gasteiger partial charge in [-0.2, -0.15) is 0 Å². The molecule has 2 aromatic carbocycles. The van der Waals surface area contributed by atoms with Crippen molar-refractivity contribution in [3.63, 3.8) is 0 Å². The minimum Gasteiger partial charge on any atom is -0.492 e. The summed E-state index contributed by atoms with van der Waals surface area (Å²) in [6, 6.07) is 9.45. The lowest BCUT2D eigenvalue weighted by atomic mass is 9.95. The highest BCUT2D eigenvalue weighted by molar-refractivity contribution is 5.89. The molecule has 0 saturated carbocycles. The molecule has 27 heavy (non-hydrogen) atoms. The number of nitrogens with one attached hydrogen (secondary N) is 3. The second-order valence-electron chi connectivity index (χ2n) is 6.96. The van der Waals surface area contributed by atoms with Crippen LogP contribution < -0.4 is 29.7 Å². The molecule has 1 unspecified atom stereocenters. The maximum absolute atomic E-state index is 12.6. The fourth-order valence-electron chi connectivity index (χ4n) is 3.66. The predicted molar refractivity (Wildman–Crippen MR) is 101 cm³/mol. The quantitative estimate of drug-likeness (QED) is 0.768. The number of carbonyl (C=O) groups is 1. The standard InChI is InChI=1S/C20H23N3O4/c1-12-4-6-14(7-5-12)21-20(24)22-19-16-13(8-9-23(19)2)10-15-17(18(16)25-3)27-11-26-15/h4-7,10,19H,8-9,11H2,1-3H3,(H2,21,22,24)/p+1/t19-/m1/s1. The monoisotopic (exact) mass is 370 g/mol. The van der Waals surface area contributed by atoms with Crippen LogP contribution in [0, 0.1) is 6.92 Å². The minimum atomic E-state index is -0.254. The Balaban J connectivity index is 1.62. The molecule has 2 atom stereocenters. The summed E-state index contributed by atoms with van der Waals surface area (Å²) in [5, 5.41) is 5.99. The number of methoxy groups -OCH3 is 1. The van der Waals surface area contributed by atoms with E-state index in [0.717, 1.165) is 35.3 Å². The van der Waals surface area contributed by atoms with Crippen molar-refractivity contribution in [1.29, 1.82) is 0 Å². The zero-order valence-corrected chi connectivity index (χ0v) is 15.7. The van der Waals surface area contributed by atoms with Gasteiger partial charge in [0.2, 0.25) is 12.5 Å². The van der Waals surface area contributed by atoms with Crippen molar-refractivity contribution in [2.75, 3.05) is 32.8 Å². The average Bonchev–Trinajstić information content (AvgIpc) is 3.12. The van der Waals surface area contributed by atoms with E-state index in [2.05, 4.69) is 17.7 Å². The van der Waals surface area contributed by atoms with E-state index >= 15 is 0 Å². The maximum atomic E-state index is 12.6. The van der Waals surface area contributed by atoms with Crippen LogP contribution in [0.25, 0.3) is 0 Å². The number of likely N-dealkylation sites (N-methyl/N-ethyl adjacent to an activating group) is 1. The van der Waals surface area contributed by atoms with Gasteiger partial charge in [-0.3, -0.25) is 5.32 Å². The van der Waals surface area contributed by atoms with Crippen molar-refractivity contribution in [2.45, 2.75) is 19.5 Å². The first-order chi connectivity index (χ1) is 13.1. The molecule has 0 radical (unpaired) electrons. The van der Waals surface area contributed by atoms with Gasteiger partial charge in [-0.15, -0.1) is 0 Å². The topological polar surface area (TPSA) is 73.3 Å². The molecule has 0 aromatic heterocycles. The molecule has 7 heteroatoms. The summed E-state index contributed by atoms with van der Waals surface area (Å²) in [6.45, 7) is 3.09. The molecular weight excluding hydrogens is 346 g/mol. The Morgan fingerprint density at radius 2 is 2.04 bits per heavy atom. The molecular formula is C20H24N3O4+. The molecule has 2 aromatic rings. The third-order valence-corrected chi connectivity index (χ3v) is 5.10. The number of quaternary nitrogens is 1. The molecule has 0 aliphatic carbocycles. The molecule has 4 rings (SSSR count). The molecule has 142 valence electrons. The van der Waals surface area contributed by atoms with Gasteiger partial charge >= 0.3 is 6.03 Å². The van der Waals surface area contributed by atoms with Crippen molar-refractivity contribution >= 4 is 11.7 Å². The van der Waals surface area contributed by atoms with Gasteiger partial charge in [0.15, 0.2) is 17.7 Å². The van der Waals surface area contributed by atoms with Crippen molar-refractivity contribution in [3.8, 4) is 17.2 Å². The van der Waals surface area contributed by atoms with Gasteiger partial charge in [-0.1, -0.05) is 17.7 Å². The number of anilines is 1. The number of ether oxygens (including phenoxy) is 3. The van der Waals surface area contributed by atoms with E-state index in [-0.39, 0.29) is 19.0 Å². The lowest BCUT2D eigenvalue weighted by Crippen LogP contribution is -3.12. The Labute approximate surface area is 158 Å². The van der Waals surface area contributed by atoms with E-state index < -0.39 is 0 Å². The number of urea groups is 1. The lowest BCUT2D eigenvalue weighted by Gasteiger charge is -2.33. The SMILES string of the molecule is COc1c2c(cc3c1[C@H](NC(=O)Nc1ccc(C)cc1)[NH+](C)CC3)OCO2. The van der Waals surface area contributed by atoms with Crippen LogP contribution in [-0.4, -0.2) is 33.5 Å². The number of aryl methyl sites for hydroxylation is 1. The second-order valence-corrected chi connectivity index (χ2v) is 6.96. The lowest BCUT2D eigenvalue weighted by molar-refractivity contribution is -0.917. The van der Waals surface area contributed by atoms with Gasteiger partial charge in [0.25, 0.3) is 0 Å². The van der Waals surface area contributed by atoms with Gasteiger partial charge in [-0.05, 0) is 30.7 Å². The van der Waals surface area contributed by atoms with Crippen molar-refractivity contribution in [3.05, 3.63) is 47.0 Å². The molecule has 3 N–H and O–H groups in total. The van der Waals surface area contributed by atoms with Gasteiger partial charge < -0.3 is 24.4 Å². The first kappa shape index (κ1) is 17.5. The number of fused-ring (bicyclic) bond motifs is 2. The molecule has 0 spiro atoms. The first-order valence-corrected chi connectivity index (χ1v) is 9.02. The summed E-state index contributed by atoms with van der Waals surface area (Å²) in [7, 11) is 3.68.